The molecule has 1 unspecified atom stereocenters. The maximum Gasteiger partial charge on any atom is 0.353 e. The molecule has 144 valence electrons. The van der Waals surface area contributed by atoms with Crippen LogP contribution in [0.25, 0.3) is 22.6 Å². The second kappa shape index (κ2) is 5.84. The summed E-state index contributed by atoms with van der Waals surface area (Å²) < 4.78 is 1.24. The van der Waals surface area contributed by atoms with Gasteiger partial charge in [0.05, 0.1) is 5.69 Å². The second-order valence-corrected chi connectivity index (χ2v) is 7.24. The first-order chi connectivity index (χ1) is 13.9. The number of fused-ring (bicyclic) bond motifs is 6. The normalized spacial score (nSPS) is 19.5. The number of aromatic nitrogens is 3. The Balaban J connectivity index is 1.87. The third-order valence-electron chi connectivity index (χ3n) is 5.52. The summed E-state index contributed by atoms with van der Waals surface area (Å²) in [4.78, 5) is 43.5. The number of carbonyl (C=O) groups excluding carboxylic acids is 1. The van der Waals surface area contributed by atoms with Gasteiger partial charge in [0.2, 0.25) is 11.6 Å². The van der Waals surface area contributed by atoms with Crippen molar-refractivity contribution >= 4 is 17.6 Å². The zero-order valence-corrected chi connectivity index (χ0v) is 15.5. The number of aryl methyl sites for hydroxylation is 1. The van der Waals surface area contributed by atoms with Crippen molar-refractivity contribution in [3.8, 4) is 22.6 Å². The fraction of sp³-hybridized carbons (Fsp3) is 0.190. The Morgan fingerprint density at radius 1 is 1.10 bits per heavy atom. The third kappa shape index (κ3) is 2.22. The van der Waals surface area contributed by atoms with Crippen LogP contribution >= 0.6 is 0 Å². The molecule has 5 rings (SSSR count). The van der Waals surface area contributed by atoms with Gasteiger partial charge in [-0.25, -0.2) is 9.48 Å². The number of carboxylic acid groups (broad SMARTS) is 1. The van der Waals surface area contributed by atoms with E-state index in [1.807, 2.05) is 19.1 Å². The number of carbonyl (C=O) groups is 2. The van der Waals surface area contributed by atoms with Crippen molar-refractivity contribution in [2.45, 2.75) is 25.4 Å². The molecule has 0 spiro atoms. The first kappa shape index (κ1) is 17.3. The maximum absolute atomic E-state index is 12.8. The largest absolute Gasteiger partial charge is 0.478 e. The molecule has 8 nitrogen and oxygen atoms in total. The van der Waals surface area contributed by atoms with Crippen molar-refractivity contribution < 1.29 is 14.7 Å². The molecule has 0 bridgehead atoms. The molecule has 2 aromatic carbocycles. The highest BCUT2D eigenvalue weighted by Gasteiger charge is 2.58. The summed E-state index contributed by atoms with van der Waals surface area (Å²) in [7, 11) is 0. The van der Waals surface area contributed by atoms with Crippen LogP contribution in [-0.4, -0.2) is 31.7 Å². The molecule has 1 amide bonds. The van der Waals surface area contributed by atoms with E-state index in [-0.39, 0.29) is 30.3 Å². The van der Waals surface area contributed by atoms with Gasteiger partial charge in [-0.05, 0) is 19.1 Å². The van der Waals surface area contributed by atoms with E-state index in [1.165, 1.54) is 9.58 Å². The predicted octanol–water partition coefficient (Wildman–Crippen LogP) is 2.16. The third-order valence-corrected chi connectivity index (χ3v) is 5.52. The quantitative estimate of drug-likeness (QED) is 0.721. The molecule has 1 N–H and O–H groups in total. The number of hydrogen-bond donors (Lipinski definition) is 1. The monoisotopic (exact) mass is 388 g/mol. The number of aliphatic carboxylic acids is 1. The minimum atomic E-state index is -1.75. The van der Waals surface area contributed by atoms with Gasteiger partial charge in [-0.15, -0.1) is 0 Å². The molecule has 2 aliphatic heterocycles. The molecule has 1 saturated heterocycles. The fourth-order valence-corrected chi connectivity index (χ4v) is 4.11. The second-order valence-electron chi connectivity index (χ2n) is 7.24. The first-order valence-electron chi connectivity index (χ1n) is 9.18. The molecule has 3 heterocycles. The van der Waals surface area contributed by atoms with Crippen molar-refractivity contribution in [3.63, 3.8) is 0 Å². The van der Waals surface area contributed by atoms with Crippen molar-refractivity contribution in [1.82, 2.24) is 14.8 Å². The average Bonchev–Trinajstić information content (AvgIpc) is 3.07. The summed E-state index contributed by atoms with van der Waals surface area (Å²) >= 11 is 0. The number of rotatable bonds is 2. The van der Waals surface area contributed by atoms with E-state index >= 15 is 0 Å². The Morgan fingerprint density at radius 3 is 2.55 bits per heavy atom. The number of carboxylic acids is 1. The van der Waals surface area contributed by atoms with E-state index in [1.54, 1.807) is 36.4 Å². The lowest BCUT2D eigenvalue weighted by molar-refractivity contribution is -0.148. The van der Waals surface area contributed by atoms with Crippen molar-refractivity contribution in [2.75, 3.05) is 4.90 Å². The molecule has 1 fully saturated rings. The summed E-state index contributed by atoms with van der Waals surface area (Å²) in [6, 6.07) is 14.0. The molecule has 0 radical (unpaired) electrons. The molecule has 1 aromatic heterocycles. The average molecular weight is 388 g/mol. The van der Waals surface area contributed by atoms with Crippen LogP contribution in [0.3, 0.4) is 0 Å². The van der Waals surface area contributed by atoms with Crippen LogP contribution in [0.4, 0.5) is 5.69 Å². The summed E-state index contributed by atoms with van der Waals surface area (Å²) in [6.07, 6.45) is 0.0983. The Kier molecular flexibility index (Phi) is 3.48. The maximum atomic E-state index is 12.8. The standard InChI is InChI=1S/C21H16N4O4/c1-12-6-8-13(9-7-12)17-19(27)22-18-14-4-2-3-5-15(14)24-16(26)10-11-21(24,20(28)29)25(18)23-17/h2-9H,10-11H2,1H3,(H,28,29). The van der Waals surface area contributed by atoms with Crippen molar-refractivity contribution in [1.29, 1.82) is 0 Å². The van der Waals surface area contributed by atoms with Crippen molar-refractivity contribution in [2.24, 2.45) is 0 Å². The first-order valence-corrected chi connectivity index (χ1v) is 9.18. The zero-order valence-electron chi connectivity index (χ0n) is 15.5. The van der Waals surface area contributed by atoms with E-state index in [4.69, 9.17) is 0 Å². The molecule has 0 aliphatic carbocycles. The smallest absolute Gasteiger partial charge is 0.353 e. The summed E-state index contributed by atoms with van der Waals surface area (Å²) in [5.41, 5.74) is 0.234. The van der Waals surface area contributed by atoms with Gasteiger partial charge in [0.1, 0.15) is 0 Å². The molecular formula is C21H16N4O4. The SMILES string of the molecule is Cc1ccc(-c2nn3c(nc2=O)-c2ccccc2N2C(=O)CCC23C(=O)O)cc1. The van der Waals surface area contributed by atoms with Gasteiger partial charge in [-0.2, -0.15) is 10.1 Å². The summed E-state index contributed by atoms with van der Waals surface area (Å²) in [5.74, 6) is -1.37. The molecule has 1 atom stereocenters. The Labute approximate surface area is 165 Å². The fourth-order valence-electron chi connectivity index (χ4n) is 4.11. The van der Waals surface area contributed by atoms with Crippen LogP contribution in [0, 0.1) is 6.92 Å². The van der Waals surface area contributed by atoms with Gasteiger partial charge >= 0.3 is 5.97 Å². The van der Waals surface area contributed by atoms with Gasteiger partial charge in [0.15, 0.2) is 11.5 Å². The van der Waals surface area contributed by atoms with E-state index in [9.17, 15) is 19.5 Å². The van der Waals surface area contributed by atoms with Crippen LogP contribution < -0.4 is 10.5 Å². The highest BCUT2D eigenvalue weighted by Crippen LogP contribution is 2.47. The van der Waals surface area contributed by atoms with Gasteiger partial charge in [0.25, 0.3) is 5.56 Å². The van der Waals surface area contributed by atoms with E-state index in [2.05, 4.69) is 10.1 Å². The minimum absolute atomic E-state index is 0.0351. The van der Waals surface area contributed by atoms with Crippen LogP contribution in [0.2, 0.25) is 0 Å². The number of para-hydroxylation sites is 1. The van der Waals surface area contributed by atoms with Crippen molar-refractivity contribution in [3.05, 3.63) is 64.4 Å². The van der Waals surface area contributed by atoms with Crippen LogP contribution in [0.15, 0.2) is 53.3 Å². The highest BCUT2D eigenvalue weighted by atomic mass is 16.4. The Hall–Kier alpha value is -3.81. The van der Waals surface area contributed by atoms with E-state index in [0.717, 1.165) is 5.56 Å². The molecule has 2 aliphatic rings. The van der Waals surface area contributed by atoms with Crippen LogP contribution in [0.5, 0.6) is 0 Å². The zero-order chi connectivity index (χ0) is 20.3. The van der Waals surface area contributed by atoms with Crippen LogP contribution in [-0.2, 0) is 15.3 Å². The van der Waals surface area contributed by atoms with Gasteiger partial charge < -0.3 is 5.11 Å². The van der Waals surface area contributed by atoms with Gasteiger partial charge in [0, 0.05) is 24.0 Å². The molecular weight excluding hydrogens is 372 g/mol. The van der Waals surface area contributed by atoms with Gasteiger partial charge in [-0.1, -0.05) is 42.0 Å². The number of amides is 1. The van der Waals surface area contributed by atoms with Crippen LogP contribution in [0.1, 0.15) is 18.4 Å². The number of hydrogen-bond acceptors (Lipinski definition) is 5. The highest BCUT2D eigenvalue weighted by molar-refractivity contribution is 6.07. The molecule has 29 heavy (non-hydrogen) atoms. The van der Waals surface area contributed by atoms with E-state index < -0.39 is 17.2 Å². The summed E-state index contributed by atoms with van der Waals surface area (Å²) in [5, 5.41) is 14.6. The summed E-state index contributed by atoms with van der Waals surface area (Å²) in [6.45, 7) is 1.92. The molecule has 0 saturated carbocycles. The lowest BCUT2D eigenvalue weighted by atomic mass is 10.00. The Bertz CT molecular complexity index is 1250. The predicted molar refractivity (Wildman–Crippen MR) is 104 cm³/mol. The van der Waals surface area contributed by atoms with Gasteiger partial charge in [-0.3, -0.25) is 14.5 Å². The molecule has 3 aromatic rings. The topological polar surface area (TPSA) is 105 Å². The number of nitrogens with zero attached hydrogens (tertiary/aromatic N) is 4. The minimum Gasteiger partial charge on any atom is -0.478 e. The molecule has 8 heteroatoms. The number of benzene rings is 2. The number of anilines is 1. The lowest BCUT2D eigenvalue weighted by Crippen LogP contribution is -2.58. The lowest BCUT2D eigenvalue weighted by Gasteiger charge is -2.41. The Morgan fingerprint density at radius 2 is 1.83 bits per heavy atom. The van der Waals surface area contributed by atoms with E-state index in [0.29, 0.717) is 16.8 Å².